The van der Waals surface area contributed by atoms with E-state index in [1.807, 2.05) is 6.07 Å². The van der Waals surface area contributed by atoms with Crippen molar-refractivity contribution in [2.45, 2.75) is 186 Å². The molecular weight excluding hydrogens is 576 g/mol. The van der Waals surface area contributed by atoms with Crippen LogP contribution >= 0.6 is 0 Å². The minimum Gasteiger partial charge on any atom is -0.744 e. The first-order valence-electron chi connectivity index (χ1n) is 18.0. The molecule has 0 heterocycles. The standard InChI is InChI=1S/C38H64O3S.K/c1-3-5-7-9-11-13-15-17-19-21-23-25-28-34-32-35(38-36(33-34)30-27-31-37(38)42(39,40)41)29-26-24-22-20-18-16-14-12-10-8-6-4-2;/h27,30-33H,3-26,28-29H2,1-2H3,(H,39,40,41);/q;+1/p-1. The minimum atomic E-state index is -4.51. The number of hydrogen-bond donors (Lipinski definition) is 0. The molecule has 2 aromatic rings. The maximum atomic E-state index is 12.1. The van der Waals surface area contributed by atoms with E-state index in [4.69, 9.17) is 0 Å². The monoisotopic (exact) mass is 638 g/mol. The summed E-state index contributed by atoms with van der Waals surface area (Å²) in [4.78, 5) is -0.0501. The fourth-order valence-electron chi connectivity index (χ4n) is 6.43. The summed E-state index contributed by atoms with van der Waals surface area (Å²) in [6, 6.07) is 9.50. The van der Waals surface area contributed by atoms with Crippen LogP contribution < -0.4 is 51.4 Å². The van der Waals surface area contributed by atoms with Crippen LogP contribution in [0.5, 0.6) is 0 Å². The third-order valence-electron chi connectivity index (χ3n) is 8.97. The predicted octanol–water partition coefficient (Wildman–Crippen LogP) is 9.24. The summed E-state index contributed by atoms with van der Waals surface area (Å²) < 4.78 is 36.3. The van der Waals surface area contributed by atoms with E-state index in [-0.39, 0.29) is 56.3 Å². The average Bonchev–Trinajstić information content (AvgIpc) is 2.97. The molecule has 0 unspecified atom stereocenters. The van der Waals surface area contributed by atoms with Crippen LogP contribution in [-0.4, -0.2) is 13.0 Å². The zero-order valence-corrected chi connectivity index (χ0v) is 32.3. The fourth-order valence-corrected chi connectivity index (χ4v) is 7.17. The van der Waals surface area contributed by atoms with Crippen LogP contribution in [0.2, 0.25) is 0 Å². The van der Waals surface area contributed by atoms with E-state index < -0.39 is 10.1 Å². The van der Waals surface area contributed by atoms with Crippen molar-refractivity contribution in [1.29, 1.82) is 0 Å². The molecule has 2 aromatic carbocycles. The normalized spacial score (nSPS) is 11.7. The number of aryl methyl sites for hydroxylation is 2. The van der Waals surface area contributed by atoms with Crippen LogP contribution in [0.3, 0.4) is 0 Å². The molecule has 0 aromatic heterocycles. The van der Waals surface area contributed by atoms with E-state index in [2.05, 4.69) is 26.0 Å². The Kier molecular flexibility index (Phi) is 25.3. The largest absolute Gasteiger partial charge is 1.00 e. The molecule has 3 nitrogen and oxygen atoms in total. The predicted molar refractivity (Wildman–Crippen MR) is 181 cm³/mol. The van der Waals surface area contributed by atoms with Crippen LogP contribution in [0.4, 0.5) is 0 Å². The molecule has 0 amide bonds. The van der Waals surface area contributed by atoms with Crippen LogP contribution in [0.25, 0.3) is 10.8 Å². The summed E-state index contributed by atoms with van der Waals surface area (Å²) in [6.45, 7) is 4.54. The van der Waals surface area contributed by atoms with Gasteiger partial charge in [-0.05, 0) is 48.3 Å². The van der Waals surface area contributed by atoms with E-state index in [1.54, 1.807) is 6.07 Å². The van der Waals surface area contributed by atoms with Crippen molar-refractivity contribution in [2.75, 3.05) is 0 Å². The van der Waals surface area contributed by atoms with Gasteiger partial charge in [-0.15, -0.1) is 0 Å². The molecule has 0 aliphatic rings. The molecule has 240 valence electrons. The summed E-state index contributed by atoms with van der Waals surface area (Å²) in [5.74, 6) is 0. The van der Waals surface area contributed by atoms with Gasteiger partial charge in [0.25, 0.3) is 0 Å². The Bertz CT molecular complexity index is 1070. The Balaban J connectivity index is 0.00000924. The first-order chi connectivity index (χ1) is 20.5. The van der Waals surface area contributed by atoms with Crippen molar-refractivity contribution in [3.63, 3.8) is 0 Å². The zero-order chi connectivity index (χ0) is 30.3. The van der Waals surface area contributed by atoms with Crippen LogP contribution in [0.1, 0.15) is 179 Å². The van der Waals surface area contributed by atoms with Gasteiger partial charge in [-0.1, -0.05) is 179 Å². The van der Waals surface area contributed by atoms with Gasteiger partial charge in [-0.25, -0.2) is 8.42 Å². The molecule has 2 rings (SSSR count). The second-order valence-electron chi connectivity index (χ2n) is 12.8. The Morgan fingerprint density at radius 3 is 1.35 bits per heavy atom. The van der Waals surface area contributed by atoms with E-state index in [0.717, 1.165) is 36.6 Å². The van der Waals surface area contributed by atoms with Crippen molar-refractivity contribution in [3.05, 3.63) is 41.5 Å². The van der Waals surface area contributed by atoms with E-state index in [0.29, 0.717) is 5.39 Å². The van der Waals surface area contributed by atoms with Crippen LogP contribution in [0, 0.1) is 0 Å². The zero-order valence-electron chi connectivity index (χ0n) is 28.4. The third kappa shape index (κ3) is 18.9. The first-order valence-corrected chi connectivity index (χ1v) is 19.4. The molecule has 0 bridgehead atoms. The van der Waals surface area contributed by atoms with Gasteiger partial charge in [0, 0.05) is 5.39 Å². The van der Waals surface area contributed by atoms with Gasteiger partial charge >= 0.3 is 51.4 Å². The van der Waals surface area contributed by atoms with Gasteiger partial charge in [0.1, 0.15) is 10.1 Å². The van der Waals surface area contributed by atoms with E-state index in [9.17, 15) is 13.0 Å². The van der Waals surface area contributed by atoms with Gasteiger partial charge in [-0.2, -0.15) is 0 Å². The molecular formula is C38H63KO3S. The second kappa shape index (κ2) is 26.3. The molecule has 0 spiro atoms. The summed E-state index contributed by atoms with van der Waals surface area (Å²) in [7, 11) is -4.51. The summed E-state index contributed by atoms with van der Waals surface area (Å²) in [6.07, 6.45) is 33.6. The molecule has 0 saturated heterocycles. The third-order valence-corrected chi connectivity index (χ3v) is 9.85. The SMILES string of the molecule is CCCCCCCCCCCCCCc1cc(CCCCCCCCCCCCCC)c2c(S(=O)(=O)[O-])cccc2c1.[K+]. The van der Waals surface area contributed by atoms with Crippen LogP contribution in [-0.2, 0) is 23.0 Å². The molecule has 0 fully saturated rings. The summed E-state index contributed by atoms with van der Waals surface area (Å²) in [5, 5.41) is 1.56. The van der Waals surface area contributed by atoms with Crippen molar-refractivity contribution in [3.8, 4) is 0 Å². The molecule has 0 saturated carbocycles. The Hall–Kier alpha value is 0.246. The maximum absolute atomic E-state index is 12.1. The van der Waals surface area contributed by atoms with Gasteiger partial charge in [0.05, 0.1) is 4.90 Å². The molecule has 5 heteroatoms. The van der Waals surface area contributed by atoms with Crippen LogP contribution in [0.15, 0.2) is 35.2 Å². The van der Waals surface area contributed by atoms with E-state index in [1.165, 1.54) is 153 Å². The van der Waals surface area contributed by atoms with Crippen molar-refractivity contribution in [2.24, 2.45) is 0 Å². The molecule has 0 N–H and O–H groups in total. The molecule has 0 aliphatic carbocycles. The topological polar surface area (TPSA) is 57.2 Å². The summed E-state index contributed by atoms with van der Waals surface area (Å²) >= 11 is 0. The number of unbranched alkanes of at least 4 members (excludes halogenated alkanes) is 22. The minimum absolute atomic E-state index is 0. The van der Waals surface area contributed by atoms with Crippen molar-refractivity contribution in [1.82, 2.24) is 0 Å². The molecule has 0 atom stereocenters. The smallest absolute Gasteiger partial charge is 0.744 e. The Morgan fingerprint density at radius 2 is 0.930 bits per heavy atom. The van der Waals surface area contributed by atoms with Gasteiger partial charge in [0.2, 0.25) is 0 Å². The van der Waals surface area contributed by atoms with Gasteiger partial charge < -0.3 is 4.55 Å². The fraction of sp³-hybridized carbons (Fsp3) is 0.737. The number of fused-ring (bicyclic) bond motifs is 1. The van der Waals surface area contributed by atoms with E-state index >= 15 is 0 Å². The quantitative estimate of drug-likeness (QED) is 0.0557. The summed E-state index contributed by atoms with van der Waals surface area (Å²) in [5.41, 5.74) is 2.33. The molecule has 43 heavy (non-hydrogen) atoms. The molecule has 0 aliphatic heterocycles. The van der Waals surface area contributed by atoms with Gasteiger partial charge in [0.15, 0.2) is 0 Å². The Labute approximate surface area is 309 Å². The number of benzene rings is 2. The van der Waals surface area contributed by atoms with Crippen molar-refractivity contribution >= 4 is 20.9 Å². The number of rotatable bonds is 27. The molecule has 0 radical (unpaired) electrons. The average molecular weight is 639 g/mol. The van der Waals surface area contributed by atoms with Crippen molar-refractivity contribution < 1.29 is 64.4 Å². The number of hydrogen-bond acceptors (Lipinski definition) is 3. The Morgan fingerprint density at radius 1 is 0.535 bits per heavy atom. The van der Waals surface area contributed by atoms with Gasteiger partial charge in [-0.3, -0.25) is 0 Å². The first kappa shape index (κ1) is 41.3. The second-order valence-corrected chi connectivity index (χ2v) is 14.2. The maximum Gasteiger partial charge on any atom is 1.00 e.